The lowest BCUT2D eigenvalue weighted by atomic mass is 10.0. The van der Waals surface area contributed by atoms with Gasteiger partial charge in [-0.15, -0.1) is 0 Å². The molecular weight excluding hydrogens is 428 g/mol. The number of ether oxygens (including phenoxy) is 1. The molecular formula is C24H28N2O5S. The molecule has 1 saturated carbocycles. The molecule has 0 unspecified atom stereocenters. The Morgan fingerprint density at radius 2 is 1.69 bits per heavy atom. The molecule has 0 radical (unpaired) electrons. The zero-order chi connectivity index (χ0) is 23.0. The summed E-state index contributed by atoms with van der Waals surface area (Å²) >= 11 is 0. The predicted molar refractivity (Wildman–Crippen MR) is 124 cm³/mol. The van der Waals surface area contributed by atoms with Crippen LogP contribution < -0.4 is 9.80 Å². The van der Waals surface area contributed by atoms with Crippen LogP contribution in [-0.2, 0) is 19.4 Å². The maximum Gasteiger partial charge on any atom is 0.414 e. The molecule has 1 atom stereocenters. The second kappa shape index (κ2) is 8.58. The van der Waals surface area contributed by atoms with Crippen molar-refractivity contribution in [2.45, 2.75) is 44.6 Å². The number of rotatable bonds is 5. The molecule has 8 heteroatoms. The molecule has 0 saturated heterocycles. The van der Waals surface area contributed by atoms with Gasteiger partial charge in [-0.3, -0.25) is 9.69 Å². The molecule has 1 aliphatic heterocycles. The van der Waals surface area contributed by atoms with E-state index < -0.39 is 15.9 Å². The molecule has 2 aromatic rings. The monoisotopic (exact) mass is 456 g/mol. The van der Waals surface area contributed by atoms with Crippen LogP contribution in [0.4, 0.5) is 16.2 Å². The SMILES string of the molecule is CCOC(=O)N1C[C@H](C)N(C(C)=O)c2ccc(-c3ccc(S(=O)(=O)CC4CC4)cc3)cc21. The lowest BCUT2D eigenvalue weighted by Crippen LogP contribution is -2.51. The second-order valence-electron chi connectivity index (χ2n) is 8.50. The number of nitrogens with zero attached hydrogens (tertiary/aromatic N) is 2. The van der Waals surface area contributed by atoms with E-state index in [4.69, 9.17) is 4.74 Å². The van der Waals surface area contributed by atoms with E-state index in [1.165, 1.54) is 6.92 Å². The van der Waals surface area contributed by atoms with Gasteiger partial charge in [-0.05, 0) is 68.0 Å². The van der Waals surface area contributed by atoms with E-state index in [0.717, 1.165) is 24.0 Å². The van der Waals surface area contributed by atoms with Crippen molar-refractivity contribution >= 4 is 33.2 Å². The van der Waals surface area contributed by atoms with Crippen molar-refractivity contribution in [2.75, 3.05) is 28.7 Å². The molecule has 2 aromatic carbocycles. The van der Waals surface area contributed by atoms with Crippen LogP contribution in [0.2, 0.25) is 0 Å². The summed E-state index contributed by atoms with van der Waals surface area (Å²) < 4.78 is 30.3. The van der Waals surface area contributed by atoms with E-state index in [1.54, 1.807) is 41.0 Å². The highest BCUT2D eigenvalue weighted by Gasteiger charge is 2.34. The molecule has 4 rings (SSSR count). The number of hydrogen-bond donors (Lipinski definition) is 0. The van der Waals surface area contributed by atoms with E-state index in [9.17, 15) is 18.0 Å². The topological polar surface area (TPSA) is 84.0 Å². The second-order valence-corrected chi connectivity index (χ2v) is 10.5. The van der Waals surface area contributed by atoms with Gasteiger partial charge in [0.05, 0.1) is 34.7 Å². The van der Waals surface area contributed by atoms with Gasteiger partial charge in [0, 0.05) is 13.5 Å². The van der Waals surface area contributed by atoms with E-state index in [1.807, 2.05) is 25.1 Å². The maximum absolute atomic E-state index is 12.6. The maximum atomic E-state index is 12.6. The molecule has 1 heterocycles. The highest BCUT2D eigenvalue weighted by atomic mass is 32.2. The fourth-order valence-electron chi connectivity index (χ4n) is 4.20. The van der Waals surface area contributed by atoms with Crippen molar-refractivity contribution in [3.8, 4) is 11.1 Å². The quantitative estimate of drug-likeness (QED) is 0.671. The Labute approximate surface area is 188 Å². The zero-order valence-corrected chi connectivity index (χ0v) is 19.4. The Kier molecular flexibility index (Phi) is 5.99. The van der Waals surface area contributed by atoms with Crippen LogP contribution in [0.5, 0.6) is 0 Å². The van der Waals surface area contributed by atoms with Gasteiger partial charge in [0.15, 0.2) is 9.84 Å². The Morgan fingerprint density at radius 3 is 2.28 bits per heavy atom. The van der Waals surface area contributed by atoms with Crippen molar-refractivity contribution in [3.05, 3.63) is 42.5 Å². The first kappa shape index (κ1) is 22.3. The molecule has 1 aliphatic carbocycles. The largest absolute Gasteiger partial charge is 0.449 e. The lowest BCUT2D eigenvalue weighted by molar-refractivity contribution is -0.117. The van der Waals surface area contributed by atoms with Crippen LogP contribution in [0.25, 0.3) is 11.1 Å². The van der Waals surface area contributed by atoms with Crippen molar-refractivity contribution in [1.82, 2.24) is 0 Å². The van der Waals surface area contributed by atoms with Crippen molar-refractivity contribution in [3.63, 3.8) is 0 Å². The van der Waals surface area contributed by atoms with Gasteiger partial charge in [0.1, 0.15) is 0 Å². The van der Waals surface area contributed by atoms with Crippen LogP contribution in [0, 0.1) is 5.92 Å². The highest BCUT2D eigenvalue weighted by Crippen LogP contribution is 2.39. The Balaban J connectivity index is 1.70. The first-order valence-corrected chi connectivity index (χ1v) is 12.6. The molecule has 32 heavy (non-hydrogen) atoms. The summed E-state index contributed by atoms with van der Waals surface area (Å²) in [7, 11) is -3.27. The summed E-state index contributed by atoms with van der Waals surface area (Å²) in [4.78, 5) is 28.5. The number of anilines is 2. The van der Waals surface area contributed by atoms with Gasteiger partial charge in [-0.1, -0.05) is 18.2 Å². The van der Waals surface area contributed by atoms with Gasteiger partial charge < -0.3 is 9.64 Å². The molecule has 1 fully saturated rings. The average molecular weight is 457 g/mol. The summed E-state index contributed by atoms with van der Waals surface area (Å²) in [5, 5.41) is 0. The molecule has 0 aromatic heterocycles. The molecule has 0 N–H and O–H groups in total. The van der Waals surface area contributed by atoms with Crippen LogP contribution in [0.3, 0.4) is 0 Å². The number of sulfone groups is 1. The first-order valence-electron chi connectivity index (χ1n) is 10.9. The number of carbonyl (C=O) groups excluding carboxylic acids is 2. The Bertz CT molecular complexity index is 1140. The van der Waals surface area contributed by atoms with Crippen molar-refractivity contribution in [2.24, 2.45) is 5.92 Å². The smallest absolute Gasteiger partial charge is 0.414 e. The van der Waals surface area contributed by atoms with E-state index in [0.29, 0.717) is 28.7 Å². The van der Waals surface area contributed by atoms with Crippen LogP contribution in [-0.4, -0.2) is 45.4 Å². The van der Waals surface area contributed by atoms with Crippen LogP contribution in [0.1, 0.15) is 33.6 Å². The molecule has 2 aliphatic rings. The van der Waals surface area contributed by atoms with Crippen molar-refractivity contribution in [1.29, 1.82) is 0 Å². The van der Waals surface area contributed by atoms with Crippen molar-refractivity contribution < 1.29 is 22.7 Å². The van der Waals surface area contributed by atoms with E-state index in [-0.39, 0.29) is 24.3 Å². The summed E-state index contributed by atoms with van der Waals surface area (Å²) in [5.74, 6) is 0.402. The minimum atomic E-state index is -3.27. The number of hydrogen-bond acceptors (Lipinski definition) is 5. The standard InChI is InChI=1S/C24H28N2O5S/c1-4-31-24(28)25-14-16(2)26(17(3)27)22-12-9-20(13-23(22)25)19-7-10-21(11-8-19)32(29,30)15-18-5-6-18/h7-13,16,18H,4-6,14-15H2,1-3H3/t16-/m0/s1. The molecule has 7 nitrogen and oxygen atoms in total. The minimum Gasteiger partial charge on any atom is -0.449 e. The Hall–Kier alpha value is -2.87. The molecule has 0 bridgehead atoms. The van der Waals surface area contributed by atoms with Gasteiger partial charge in [0.25, 0.3) is 0 Å². The van der Waals surface area contributed by atoms with E-state index >= 15 is 0 Å². The van der Waals surface area contributed by atoms with Gasteiger partial charge in [-0.2, -0.15) is 0 Å². The first-order chi connectivity index (χ1) is 15.2. The third-order valence-corrected chi connectivity index (χ3v) is 7.84. The predicted octanol–water partition coefficient (Wildman–Crippen LogP) is 4.26. The average Bonchev–Trinajstić information content (AvgIpc) is 3.56. The highest BCUT2D eigenvalue weighted by molar-refractivity contribution is 7.91. The van der Waals surface area contributed by atoms with Gasteiger partial charge in [0.2, 0.25) is 5.91 Å². The third kappa shape index (κ3) is 4.37. The third-order valence-electron chi connectivity index (χ3n) is 5.94. The minimum absolute atomic E-state index is 0.0970. The number of amides is 2. The number of benzene rings is 2. The Morgan fingerprint density at radius 1 is 1.03 bits per heavy atom. The normalized spacial score (nSPS) is 18.3. The molecule has 0 spiro atoms. The summed E-state index contributed by atoms with van der Waals surface area (Å²) in [6.45, 7) is 5.74. The summed E-state index contributed by atoms with van der Waals surface area (Å²) in [6, 6.07) is 12.2. The lowest BCUT2D eigenvalue weighted by Gasteiger charge is -2.40. The zero-order valence-electron chi connectivity index (χ0n) is 18.6. The fourth-order valence-corrected chi connectivity index (χ4v) is 5.90. The van der Waals surface area contributed by atoms with Crippen LogP contribution in [0.15, 0.2) is 47.4 Å². The van der Waals surface area contributed by atoms with Crippen LogP contribution >= 0.6 is 0 Å². The summed E-state index contributed by atoms with van der Waals surface area (Å²) in [5.41, 5.74) is 2.90. The van der Waals surface area contributed by atoms with Gasteiger partial charge in [-0.25, -0.2) is 13.2 Å². The summed E-state index contributed by atoms with van der Waals surface area (Å²) in [6.07, 6.45) is 1.51. The van der Waals surface area contributed by atoms with Gasteiger partial charge >= 0.3 is 6.09 Å². The molecule has 170 valence electrons. The number of carbonyl (C=O) groups is 2. The van der Waals surface area contributed by atoms with E-state index in [2.05, 4.69) is 0 Å². The molecule has 2 amide bonds. The number of fused-ring (bicyclic) bond motifs is 1. The fraction of sp³-hybridized carbons (Fsp3) is 0.417.